The fraction of sp³-hybridized carbons (Fsp3) is 0.625. The van der Waals surface area contributed by atoms with E-state index >= 15 is 0 Å². The molecule has 0 amide bonds. The van der Waals surface area contributed by atoms with E-state index in [9.17, 15) is 0 Å². The summed E-state index contributed by atoms with van der Waals surface area (Å²) < 4.78 is 0. The van der Waals surface area contributed by atoms with Crippen molar-refractivity contribution in [3.8, 4) is 0 Å². The zero-order valence-corrected chi connectivity index (χ0v) is 11.5. The molecule has 0 bridgehead atoms. The second-order valence-electron chi connectivity index (χ2n) is 5.48. The van der Waals surface area contributed by atoms with Crippen LogP contribution in [0.5, 0.6) is 0 Å². The molecule has 2 N–H and O–H groups in total. The van der Waals surface area contributed by atoms with E-state index in [0.717, 1.165) is 0 Å². The molecular weight excluding hydrogens is 220 g/mol. The molecule has 2 unspecified atom stereocenters. The van der Waals surface area contributed by atoms with Gasteiger partial charge in [0.1, 0.15) is 0 Å². The van der Waals surface area contributed by atoms with Crippen LogP contribution in [0.2, 0.25) is 0 Å². The summed E-state index contributed by atoms with van der Waals surface area (Å²) in [7, 11) is 0. The van der Waals surface area contributed by atoms with Gasteiger partial charge in [0.15, 0.2) is 0 Å². The van der Waals surface area contributed by atoms with Crippen LogP contribution in [0, 0.1) is 0 Å². The van der Waals surface area contributed by atoms with Gasteiger partial charge in [-0.1, -0.05) is 49.6 Å². The number of rotatable bonds is 3. The fourth-order valence-corrected chi connectivity index (χ4v) is 2.86. The van der Waals surface area contributed by atoms with E-state index in [1.807, 2.05) is 0 Å². The van der Waals surface area contributed by atoms with Crippen molar-refractivity contribution in [2.24, 2.45) is 5.73 Å². The molecule has 1 saturated heterocycles. The highest BCUT2D eigenvalue weighted by molar-refractivity contribution is 5.19. The Balaban J connectivity index is 1.98. The molecule has 100 valence electrons. The number of nitrogens with two attached hydrogens (primary N) is 1. The maximum Gasteiger partial charge on any atom is 0.0450 e. The van der Waals surface area contributed by atoms with Crippen molar-refractivity contribution in [2.45, 2.75) is 51.1 Å². The monoisotopic (exact) mass is 246 g/mol. The van der Waals surface area contributed by atoms with E-state index in [-0.39, 0.29) is 6.04 Å². The first kappa shape index (κ1) is 13.6. The third-order valence-electron chi connectivity index (χ3n) is 4.17. The lowest BCUT2D eigenvalue weighted by Gasteiger charge is -2.34. The van der Waals surface area contributed by atoms with Gasteiger partial charge in [0.25, 0.3) is 0 Å². The third kappa shape index (κ3) is 3.56. The zero-order chi connectivity index (χ0) is 12.8. The Morgan fingerprint density at radius 3 is 2.11 bits per heavy atom. The van der Waals surface area contributed by atoms with E-state index in [2.05, 4.69) is 42.2 Å². The summed E-state index contributed by atoms with van der Waals surface area (Å²) in [5.74, 6) is 0. The molecule has 18 heavy (non-hydrogen) atoms. The predicted octanol–water partition coefficient (Wildman–Crippen LogP) is 3.34. The van der Waals surface area contributed by atoms with E-state index in [1.165, 1.54) is 50.8 Å². The van der Waals surface area contributed by atoms with Crippen molar-refractivity contribution in [2.75, 3.05) is 13.1 Å². The Morgan fingerprint density at radius 1 is 0.944 bits per heavy atom. The lowest BCUT2D eigenvalue weighted by atomic mass is 9.98. The molecule has 2 rings (SSSR count). The molecule has 1 fully saturated rings. The van der Waals surface area contributed by atoms with Crippen molar-refractivity contribution >= 4 is 0 Å². The zero-order valence-electron chi connectivity index (χ0n) is 11.5. The molecule has 2 atom stereocenters. The van der Waals surface area contributed by atoms with Crippen LogP contribution in [-0.2, 0) is 0 Å². The first-order chi connectivity index (χ1) is 8.79. The van der Waals surface area contributed by atoms with Crippen molar-refractivity contribution in [3.05, 3.63) is 35.9 Å². The van der Waals surface area contributed by atoms with Crippen molar-refractivity contribution in [1.29, 1.82) is 0 Å². The fourth-order valence-electron chi connectivity index (χ4n) is 2.86. The second-order valence-corrected chi connectivity index (χ2v) is 5.48. The number of nitrogens with zero attached hydrogens (tertiary/aromatic N) is 1. The Hall–Kier alpha value is -0.860. The Kier molecular flexibility index (Phi) is 5.21. The van der Waals surface area contributed by atoms with Crippen LogP contribution in [0.3, 0.4) is 0 Å². The summed E-state index contributed by atoms with van der Waals surface area (Å²) in [5, 5.41) is 0. The number of hydrogen-bond acceptors (Lipinski definition) is 2. The third-order valence-corrected chi connectivity index (χ3v) is 4.17. The van der Waals surface area contributed by atoms with Crippen LogP contribution >= 0.6 is 0 Å². The van der Waals surface area contributed by atoms with Crippen molar-refractivity contribution in [3.63, 3.8) is 0 Å². The van der Waals surface area contributed by atoms with Gasteiger partial charge in [0, 0.05) is 12.1 Å². The van der Waals surface area contributed by atoms with Crippen LogP contribution in [0.25, 0.3) is 0 Å². The maximum atomic E-state index is 6.42. The molecule has 1 heterocycles. The molecule has 2 heteroatoms. The van der Waals surface area contributed by atoms with E-state index in [1.54, 1.807) is 0 Å². The standard InChI is InChI=1S/C16H26N2/c1-14(16(17)15-10-6-5-7-11-15)18-12-8-3-2-4-9-13-18/h5-7,10-11,14,16H,2-4,8-9,12-13,17H2,1H3. The first-order valence-corrected chi connectivity index (χ1v) is 7.33. The van der Waals surface area contributed by atoms with Gasteiger partial charge in [-0.15, -0.1) is 0 Å². The summed E-state index contributed by atoms with van der Waals surface area (Å²) in [6.45, 7) is 4.70. The van der Waals surface area contributed by atoms with Crippen LogP contribution in [-0.4, -0.2) is 24.0 Å². The van der Waals surface area contributed by atoms with Crippen molar-refractivity contribution in [1.82, 2.24) is 4.90 Å². The topological polar surface area (TPSA) is 29.3 Å². The molecule has 0 aromatic heterocycles. The average molecular weight is 246 g/mol. The Bertz CT molecular complexity index is 328. The summed E-state index contributed by atoms with van der Waals surface area (Å²) in [6.07, 6.45) is 6.82. The van der Waals surface area contributed by atoms with Gasteiger partial charge in [-0.2, -0.15) is 0 Å². The number of likely N-dealkylation sites (tertiary alicyclic amines) is 1. The SMILES string of the molecule is CC(C(N)c1ccccc1)N1CCCCCCC1. The summed E-state index contributed by atoms with van der Waals surface area (Å²) in [5.41, 5.74) is 7.67. The van der Waals surface area contributed by atoms with Gasteiger partial charge in [-0.25, -0.2) is 0 Å². The Labute approximate surface area is 111 Å². The Morgan fingerprint density at radius 2 is 1.50 bits per heavy atom. The minimum Gasteiger partial charge on any atom is -0.323 e. The first-order valence-electron chi connectivity index (χ1n) is 7.33. The van der Waals surface area contributed by atoms with Crippen LogP contribution in [0.4, 0.5) is 0 Å². The van der Waals surface area contributed by atoms with Gasteiger partial charge < -0.3 is 5.73 Å². The molecule has 1 aliphatic rings. The highest BCUT2D eigenvalue weighted by Gasteiger charge is 2.21. The van der Waals surface area contributed by atoms with E-state index in [4.69, 9.17) is 5.73 Å². The molecule has 0 saturated carbocycles. The number of hydrogen-bond donors (Lipinski definition) is 1. The minimum absolute atomic E-state index is 0.130. The summed E-state index contributed by atoms with van der Waals surface area (Å²) in [4.78, 5) is 2.58. The molecule has 0 aliphatic carbocycles. The van der Waals surface area contributed by atoms with Gasteiger partial charge in [0.2, 0.25) is 0 Å². The average Bonchev–Trinajstić information content (AvgIpc) is 2.38. The normalized spacial score (nSPS) is 21.9. The predicted molar refractivity (Wildman–Crippen MR) is 77.5 cm³/mol. The van der Waals surface area contributed by atoms with Crippen LogP contribution < -0.4 is 5.73 Å². The largest absolute Gasteiger partial charge is 0.323 e. The van der Waals surface area contributed by atoms with Crippen molar-refractivity contribution < 1.29 is 0 Å². The summed E-state index contributed by atoms with van der Waals surface area (Å²) in [6, 6.07) is 11.1. The lowest BCUT2D eigenvalue weighted by Crippen LogP contribution is -2.42. The molecule has 0 spiro atoms. The van der Waals surface area contributed by atoms with E-state index in [0.29, 0.717) is 6.04 Å². The maximum absolute atomic E-state index is 6.42. The molecule has 2 nitrogen and oxygen atoms in total. The quantitative estimate of drug-likeness (QED) is 0.886. The van der Waals surface area contributed by atoms with Gasteiger partial charge in [0.05, 0.1) is 0 Å². The van der Waals surface area contributed by atoms with E-state index < -0.39 is 0 Å². The molecule has 1 aliphatic heterocycles. The van der Waals surface area contributed by atoms with Gasteiger partial charge in [-0.05, 0) is 38.4 Å². The summed E-state index contributed by atoms with van der Waals surface area (Å²) >= 11 is 0. The van der Waals surface area contributed by atoms with Crippen LogP contribution in [0.1, 0.15) is 50.6 Å². The molecule has 1 aromatic carbocycles. The lowest BCUT2D eigenvalue weighted by molar-refractivity contribution is 0.168. The van der Waals surface area contributed by atoms with Gasteiger partial charge in [-0.3, -0.25) is 4.90 Å². The minimum atomic E-state index is 0.130. The number of benzene rings is 1. The van der Waals surface area contributed by atoms with Gasteiger partial charge >= 0.3 is 0 Å². The molecule has 1 aromatic rings. The molecular formula is C16H26N2. The highest BCUT2D eigenvalue weighted by atomic mass is 15.2. The molecule has 0 radical (unpaired) electrons. The smallest absolute Gasteiger partial charge is 0.0450 e. The van der Waals surface area contributed by atoms with Crippen LogP contribution in [0.15, 0.2) is 30.3 Å². The highest BCUT2D eigenvalue weighted by Crippen LogP contribution is 2.21. The second kappa shape index (κ2) is 6.91.